The number of nitriles is 1. The van der Waals surface area contributed by atoms with E-state index in [2.05, 4.69) is 21.6 Å². The molecule has 0 fully saturated rings. The molecule has 0 radical (unpaired) electrons. The molecule has 172 valence electrons. The third kappa shape index (κ3) is 5.23. The molecule has 3 rings (SSSR count). The average Bonchev–Trinajstić information content (AvgIpc) is 3.40. The minimum atomic E-state index is -0.764. The Labute approximate surface area is 192 Å². The minimum absolute atomic E-state index is 0.0923. The van der Waals surface area contributed by atoms with Gasteiger partial charge in [-0.25, -0.2) is 4.79 Å². The first kappa shape index (κ1) is 23.6. The van der Waals surface area contributed by atoms with Gasteiger partial charge in [-0.15, -0.1) is 0 Å². The predicted octanol–water partition coefficient (Wildman–Crippen LogP) is 4.23. The lowest BCUT2D eigenvalue weighted by molar-refractivity contribution is -0.140. The summed E-state index contributed by atoms with van der Waals surface area (Å²) in [7, 11) is 3.08. The van der Waals surface area contributed by atoms with E-state index in [0.717, 1.165) is 29.9 Å². The highest BCUT2D eigenvalue weighted by atomic mass is 16.6. The lowest BCUT2D eigenvalue weighted by Crippen LogP contribution is -2.07. The molecule has 0 saturated heterocycles. The third-order valence-electron chi connectivity index (χ3n) is 5.14. The van der Waals surface area contributed by atoms with Gasteiger partial charge in [-0.1, -0.05) is 12.1 Å². The van der Waals surface area contributed by atoms with Gasteiger partial charge in [-0.3, -0.25) is 0 Å². The van der Waals surface area contributed by atoms with Gasteiger partial charge in [0.25, 0.3) is 5.89 Å². The number of aromatic nitrogens is 3. The van der Waals surface area contributed by atoms with Crippen molar-refractivity contribution in [3.63, 3.8) is 0 Å². The molecule has 9 nitrogen and oxygen atoms in total. The van der Waals surface area contributed by atoms with Crippen LogP contribution in [0.5, 0.6) is 11.5 Å². The van der Waals surface area contributed by atoms with Crippen LogP contribution in [0.15, 0.2) is 34.4 Å². The molecule has 2 heterocycles. The lowest BCUT2D eigenvalue weighted by atomic mass is 10.1. The number of aryl methyl sites for hydroxylation is 1. The second kappa shape index (κ2) is 10.5. The smallest absolute Gasteiger partial charge is 0.349 e. The molecule has 0 aliphatic heterocycles. The highest BCUT2D eigenvalue weighted by Crippen LogP contribution is 2.31. The lowest BCUT2D eigenvalue weighted by Gasteiger charge is -2.07. The SMILES string of the molecule is CCCn1c(C)cc(/C=C(/C#N)C(=O)OCc2nc(-c3ccc(OC)cc3OC)no2)c1C. The van der Waals surface area contributed by atoms with Gasteiger partial charge in [0.15, 0.2) is 6.61 Å². The molecule has 0 spiro atoms. The van der Waals surface area contributed by atoms with E-state index in [1.165, 1.54) is 13.2 Å². The Morgan fingerprint density at radius 2 is 2.03 bits per heavy atom. The number of hydrogen-bond acceptors (Lipinski definition) is 8. The fourth-order valence-corrected chi connectivity index (χ4v) is 3.45. The Hall–Kier alpha value is -4.06. The second-order valence-electron chi connectivity index (χ2n) is 7.30. The number of rotatable bonds is 9. The molecule has 9 heteroatoms. The summed E-state index contributed by atoms with van der Waals surface area (Å²) >= 11 is 0. The summed E-state index contributed by atoms with van der Waals surface area (Å²) in [5, 5.41) is 13.4. The molecule has 3 aromatic rings. The fraction of sp³-hybridized carbons (Fsp3) is 0.333. The first-order valence-corrected chi connectivity index (χ1v) is 10.4. The van der Waals surface area contributed by atoms with Gasteiger partial charge < -0.3 is 23.3 Å². The summed E-state index contributed by atoms with van der Waals surface area (Å²) in [6, 6.07) is 9.05. The normalized spacial score (nSPS) is 11.2. The molecule has 0 N–H and O–H groups in total. The Morgan fingerprint density at radius 3 is 2.70 bits per heavy atom. The van der Waals surface area contributed by atoms with Crippen LogP contribution in [-0.2, 0) is 22.7 Å². The maximum atomic E-state index is 12.5. The first-order valence-electron chi connectivity index (χ1n) is 10.4. The molecule has 1 aromatic carbocycles. The minimum Gasteiger partial charge on any atom is -0.497 e. The van der Waals surface area contributed by atoms with Crippen molar-refractivity contribution >= 4 is 12.0 Å². The Bertz CT molecular complexity index is 1220. The molecule has 0 aliphatic carbocycles. The van der Waals surface area contributed by atoms with Crippen molar-refractivity contribution in [2.45, 2.75) is 40.3 Å². The largest absolute Gasteiger partial charge is 0.497 e. The van der Waals surface area contributed by atoms with E-state index < -0.39 is 5.97 Å². The summed E-state index contributed by atoms with van der Waals surface area (Å²) in [6.07, 6.45) is 2.53. The number of ether oxygens (including phenoxy) is 3. The van der Waals surface area contributed by atoms with Crippen molar-refractivity contribution in [3.8, 4) is 29.0 Å². The molecular weight excluding hydrogens is 424 g/mol. The molecule has 33 heavy (non-hydrogen) atoms. The van der Waals surface area contributed by atoms with Crippen molar-refractivity contribution < 1.29 is 23.5 Å². The Morgan fingerprint density at radius 1 is 1.24 bits per heavy atom. The number of hydrogen-bond donors (Lipinski definition) is 0. The van der Waals surface area contributed by atoms with Gasteiger partial charge >= 0.3 is 5.97 Å². The maximum absolute atomic E-state index is 12.5. The van der Waals surface area contributed by atoms with Gasteiger partial charge in [0.1, 0.15) is 23.1 Å². The Kier molecular flexibility index (Phi) is 7.51. The molecule has 0 amide bonds. The van der Waals surface area contributed by atoms with E-state index >= 15 is 0 Å². The standard InChI is InChI=1S/C24H26N4O5/c1-6-9-28-15(2)10-17(16(28)3)11-18(13-25)24(29)32-14-22-26-23(27-33-22)20-8-7-19(30-4)12-21(20)31-5/h7-8,10-12H,6,9,14H2,1-5H3/b18-11-. The number of benzene rings is 1. The number of esters is 1. The topological polar surface area (TPSA) is 112 Å². The van der Waals surface area contributed by atoms with Crippen LogP contribution in [0.1, 0.15) is 36.2 Å². The van der Waals surface area contributed by atoms with Crippen LogP contribution in [0, 0.1) is 25.2 Å². The zero-order valence-electron chi connectivity index (χ0n) is 19.3. The summed E-state index contributed by atoms with van der Waals surface area (Å²) in [4.78, 5) is 16.7. The van der Waals surface area contributed by atoms with Crippen LogP contribution in [0.3, 0.4) is 0 Å². The van der Waals surface area contributed by atoms with Gasteiger partial charge in [0, 0.05) is 24.0 Å². The fourth-order valence-electron chi connectivity index (χ4n) is 3.45. The van der Waals surface area contributed by atoms with E-state index in [4.69, 9.17) is 18.7 Å². The van der Waals surface area contributed by atoms with E-state index in [1.54, 1.807) is 25.3 Å². The van der Waals surface area contributed by atoms with Crippen LogP contribution in [0.25, 0.3) is 17.5 Å². The van der Waals surface area contributed by atoms with Crippen molar-refractivity contribution in [1.29, 1.82) is 5.26 Å². The number of nitrogens with zero attached hydrogens (tertiary/aromatic N) is 4. The van der Waals surface area contributed by atoms with Crippen LogP contribution in [-0.4, -0.2) is 34.9 Å². The van der Waals surface area contributed by atoms with E-state index in [0.29, 0.717) is 17.1 Å². The second-order valence-corrected chi connectivity index (χ2v) is 7.30. The third-order valence-corrected chi connectivity index (χ3v) is 5.14. The summed E-state index contributed by atoms with van der Waals surface area (Å²) in [6.45, 7) is 6.66. The summed E-state index contributed by atoms with van der Waals surface area (Å²) < 4.78 is 23.1. The quantitative estimate of drug-likeness (QED) is 0.270. The van der Waals surface area contributed by atoms with Crippen molar-refractivity contribution in [3.05, 3.63) is 52.7 Å². The van der Waals surface area contributed by atoms with E-state index in [-0.39, 0.29) is 23.9 Å². The van der Waals surface area contributed by atoms with Gasteiger partial charge in [-0.2, -0.15) is 10.2 Å². The number of methoxy groups -OCH3 is 2. The van der Waals surface area contributed by atoms with Crippen LogP contribution in [0.2, 0.25) is 0 Å². The molecule has 0 aliphatic rings. The molecule has 2 aromatic heterocycles. The van der Waals surface area contributed by atoms with Crippen molar-refractivity contribution in [2.24, 2.45) is 0 Å². The molecule has 0 saturated carbocycles. The van der Waals surface area contributed by atoms with Crippen LogP contribution >= 0.6 is 0 Å². The monoisotopic (exact) mass is 450 g/mol. The molecular formula is C24H26N4O5. The highest BCUT2D eigenvalue weighted by molar-refractivity contribution is 5.98. The maximum Gasteiger partial charge on any atom is 0.349 e. The van der Waals surface area contributed by atoms with Crippen molar-refractivity contribution in [2.75, 3.05) is 14.2 Å². The predicted molar refractivity (Wildman–Crippen MR) is 120 cm³/mol. The van der Waals surface area contributed by atoms with Gasteiger partial charge in [0.2, 0.25) is 5.82 Å². The highest BCUT2D eigenvalue weighted by Gasteiger charge is 2.18. The van der Waals surface area contributed by atoms with Crippen LogP contribution in [0.4, 0.5) is 0 Å². The summed E-state index contributed by atoms with van der Waals surface area (Å²) in [5.41, 5.74) is 3.35. The number of carbonyl (C=O) groups excluding carboxylic acids is 1. The molecule has 0 unspecified atom stereocenters. The molecule has 0 bridgehead atoms. The van der Waals surface area contributed by atoms with Gasteiger partial charge in [0.05, 0.1) is 19.8 Å². The number of carbonyl (C=O) groups is 1. The van der Waals surface area contributed by atoms with E-state index in [9.17, 15) is 10.1 Å². The zero-order valence-corrected chi connectivity index (χ0v) is 19.3. The van der Waals surface area contributed by atoms with E-state index in [1.807, 2.05) is 26.0 Å². The Balaban J connectivity index is 1.72. The van der Waals surface area contributed by atoms with Crippen molar-refractivity contribution in [1.82, 2.24) is 14.7 Å². The van der Waals surface area contributed by atoms with Gasteiger partial charge in [-0.05, 0) is 50.1 Å². The molecule has 0 atom stereocenters. The zero-order chi connectivity index (χ0) is 24.0. The first-order chi connectivity index (χ1) is 15.9. The van der Waals surface area contributed by atoms with Crippen LogP contribution < -0.4 is 9.47 Å². The average molecular weight is 450 g/mol. The summed E-state index contributed by atoms with van der Waals surface area (Å²) in [5.74, 6) is 0.739.